The van der Waals surface area contributed by atoms with Crippen molar-refractivity contribution in [2.75, 3.05) is 0 Å². The molecule has 0 aromatic rings. The Bertz CT molecular complexity index is 115. The van der Waals surface area contributed by atoms with Gasteiger partial charge in [0, 0.05) is 12.8 Å². The van der Waals surface area contributed by atoms with Crippen LogP contribution in [0.25, 0.3) is 0 Å². The second-order valence-electron chi connectivity index (χ2n) is 3.30. The van der Waals surface area contributed by atoms with Crippen molar-refractivity contribution in [2.24, 2.45) is 0 Å². The van der Waals surface area contributed by atoms with Crippen molar-refractivity contribution in [1.82, 2.24) is 0 Å². The zero-order valence-electron chi connectivity index (χ0n) is 5.96. The minimum atomic E-state index is -2.76. The van der Waals surface area contributed by atoms with Crippen LogP contribution in [0, 0.1) is 0 Å². The first-order chi connectivity index (χ1) is 4.41. The van der Waals surface area contributed by atoms with Gasteiger partial charge in [-0.15, -0.1) is 0 Å². The van der Waals surface area contributed by atoms with Crippen LogP contribution in [0.1, 0.15) is 32.6 Å². The largest absolute Gasteiger partial charge is 0.251 e. The van der Waals surface area contributed by atoms with Gasteiger partial charge in [-0.1, -0.05) is 0 Å². The predicted molar refractivity (Wildman–Crippen MR) is 32.9 cm³/mol. The molecule has 60 valence electrons. The molecule has 0 saturated heterocycles. The molecular formula is C7H11F3. The van der Waals surface area contributed by atoms with Crippen LogP contribution < -0.4 is 0 Å². The van der Waals surface area contributed by atoms with Crippen LogP contribution in [-0.2, 0) is 0 Å². The fraction of sp³-hybridized carbons (Fsp3) is 1.00. The third kappa shape index (κ3) is 1.89. The van der Waals surface area contributed by atoms with E-state index in [0.717, 1.165) is 0 Å². The Morgan fingerprint density at radius 1 is 1.10 bits per heavy atom. The van der Waals surface area contributed by atoms with Gasteiger partial charge in [0.15, 0.2) is 0 Å². The Labute approximate surface area is 58.4 Å². The summed E-state index contributed by atoms with van der Waals surface area (Å²) >= 11 is 0. The Morgan fingerprint density at radius 3 is 2.00 bits per heavy atom. The molecule has 0 heterocycles. The van der Waals surface area contributed by atoms with Crippen molar-refractivity contribution in [1.29, 1.82) is 0 Å². The predicted octanol–water partition coefficient (Wildman–Crippen LogP) is 2.92. The summed E-state index contributed by atoms with van der Waals surface area (Å²) in [6.45, 7) is 1.25. The van der Waals surface area contributed by atoms with Gasteiger partial charge in [-0.25, -0.2) is 13.2 Å². The summed E-state index contributed by atoms with van der Waals surface area (Å²) in [7, 11) is 0. The van der Waals surface area contributed by atoms with Crippen molar-refractivity contribution >= 4 is 0 Å². The molecule has 1 aliphatic carbocycles. The number of alkyl halides is 3. The molecule has 0 aromatic carbocycles. The normalized spacial score (nSPS) is 39.6. The third-order valence-corrected chi connectivity index (χ3v) is 1.87. The van der Waals surface area contributed by atoms with E-state index >= 15 is 0 Å². The summed E-state index contributed by atoms with van der Waals surface area (Å²) in [6.07, 6.45) is -0.158. The molecule has 3 heteroatoms. The lowest BCUT2D eigenvalue weighted by atomic mass is 9.85. The first kappa shape index (κ1) is 7.89. The zero-order valence-corrected chi connectivity index (χ0v) is 5.96. The molecule has 1 fully saturated rings. The van der Waals surface area contributed by atoms with Gasteiger partial charge in [0.1, 0.15) is 5.67 Å². The molecule has 1 rings (SSSR count). The van der Waals surface area contributed by atoms with Gasteiger partial charge >= 0.3 is 0 Å². The highest BCUT2D eigenvalue weighted by atomic mass is 19.3. The maximum absolute atomic E-state index is 12.9. The number of rotatable bonds is 0. The van der Waals surface area contributed by atoms with Gasteiger partial charge < -0.3 is 0 Å². The Balaban J connectivity index is 2.56. The lowest BCUT2D eigenvalue weighted by Gasteiger charge is -2.31. The molecule has 0 aromatic heterocycles. The topological polar surface area (TPSA) is 0 Å². The van der Waals surface area contributed by atoms with Crippen molar-refractivity contribution in [3.05, 3.63) is 0 Å². The second-order valence-corrected chi connectivity index (χ2v) is 3.30. The summed E-state index contributed by atoms with van der Waals surface area (Å²) < 4.78 is 37.8. The van der Waals surface area contributed by atoms with Gasteiger partial charge in [-0.2, -0.15) is 0 Å². The molecule has 1 aliphatic rings. The summed E-state index contributed by atoms with van der Waals surface area (Å²) in [4.78, 5) is 0. The fourth-order valence-corrected chi connectivity index (χ4v) is 1.43. The van der Waals surface area contributed by atoms with Crippen molar-refractivity contribution in [3.63, 3.8) is 0 Å². The molecular weight excluding hydrogens is 141 g/mol. The van der Waals surface area contributed by atoms with Crippen LogP contribution in [0.15, 0.2) is 0 Å². The van der Waals surface area contributed by atoms with Crippen LogP contribution in [0.5, 0.6) is 0 Å². The average Bonchev–Trinajstić information content (AvgIpc) is 1.56. The summed E-state index contributed by atoms with van der Waals surface area (Å²) in [6, 6.07) is 0. The minimum absolute atomic E-state index is 0.146. The lowest BCUT2D eigenvalue weighted by molar-refractivity contribution is -0.0863. The van der Waals surface area contributed by atoms with E-state index in [-0.39, 0.29) is 12.8 Å². The number of hydrogen-bond donors (Lipinski definition) is 0. The molecule has 1 atom stereocenters. The second kappa shape index (κ2) is 2.14. The first-order valence-electron chi connectivity index (χ1n) is 3.48. The third-order valence-electron chi connectivity index (χ3n) is 1.87. The number of halogens is 3. The summed E-state index contributed by atoms with van der Waals surface area (Å²) in [5.41, 5.74) is -1.64. The average molecular weight is 152 g/mol. The maximum atomic E-state index is 12.9. The van der Waals surface area contributed by atoms with Crippen LogP contribution >= 0.6 is 0 Å². The molecule has 0 aliphatic heterocycles. The maximum Gasteiger partial charge on any atom is 0.251 e. The van der Waals surface area contributed by atoms with Crippen LogP contribution in [0.4, 0.5) is 13.2 Å². The van der Waals surface area contributed by atoms with Gasteiger partial charge in [0.2, 0.25) is 0 Å². The zero-order chi connectivity index (χ0) is 7.83. The first-order valence-corrected chi connectivity index (χ1v) is 3.48. The van der Waals surface area contributed by atoms with Gasteiger partial charge in [-0.3, -0.25) is 0 Å². The van der Waals surface area contributed by atoms with Crippen molar-refractivity contribution in [2.45, 2.75) is 44.2 Å². The highest BCUT2D eigenvalue weighted by Gasteiger charge is 2.43. The van der Waals surface area contributed by atoms with Crippen LogP contribution in [0.3, 0.4) is 0 Å². The van der Waals surface area contributed by atoms with Crippen LogP contribution in [-0.4, -0.2) is 11.6 Å². The number of hydrogen-bond acceptors (Lipinski definition) is 0. The van der Waals surface area contributed by atoms with E-state index in [1.54, 1.807) is 0 Å². The van der Waals surface area contributed by atoms with E-state index in [0.29, 0.717) is 6.42 Å². The van der Waals surface area contributed by atoms with E-state index in [1.165, 1.54) is 6.92 Å². The molecule has 0 spiro atoms. The van der Waals surface area contributed by atoms with Crippen molar-refractivity contribution < 1.29 is 13.2 Å². The lowest BCUT2D eigenvalue weighted by Crippen LogP contribution is -2.34. The van der Waals surface area contributed by atoms with Gasteiger partial charge in [0.25, 0.3) is 5.92 Å². The Kier molecular flexibility index (Phi) is 1.69. The molecule has 0 N–H and O–H groups in total. The van der Waals surface area contributed by atoms with E-state index in [1.807, 2.05) is 0 Å². The van der Waals surface area contributed by atoms with Gasteiger partial charge in [0.05, 0.1) is 0 Å². The summed E-state index contributed by atoms with van der Waals surface area (Å²) in [5.74, 6) is -2.76. The molecule has 1 unspecified atom stereocenters. The molecule has 0 bridgehead atoms. The molecule has 0 nitrogen and oxygen atoms in total. The SMILES string of the molecule is CC1(F)CCCC(F)(F)C1. The molecule has 0 radical (unpaired) electrons. The van der Waals surface area contributed by atoms with E-state index in [9.17, 15) is 13.2 Å². The van der Waals surface area contributed by atoms with Gasteiger partial charge in [-0.05, 0) is 19.8 Å². The highest BCUT2D eigenvalue weighted by molar-refractivity contribution is 4.86. The van der Waals surface area contributed by atoms with E-state index in [2.05, 4.69) is 0 Å². The summed E-state index contributed by atoms with van der Waals surface area (Å²) in [5, 5.41) is 0. The Morgan fingerprint density at radius 2 is 1.70 bits per heavy atom. The monoisotopic (exact) mass is 152 g/mol. The molecule has 1 saturated carbocycles. The standard InChI is InChI=1S/C7H11F3/c1-6(8)3-2-4-7(9,10)5-6/h2-5H2,1H3. The van der Waals surface area contributed by atoms with E-state index in [4.69, 9.17) is 0 Å². The minimum Gasteiger partial charge on any atom is -0.244 e. The quantitative estimate of drug-likeness (QED) is 0.500. The smallest absolute Gasteiger partial charge is 0.244 e. The fourth-order valence-electron chi connectivity index (χ4n) is 1.43. The van der Waals surface area contributed by atoms with Crippen molar-refractivity contribution in [3.8, 4) is 0 Å². The molecule has 10 heavy (non-hydrogen) atoms. The van der Waals surface area contributed by atoms with E-state index < -0.39 is 18.0 Å². The van der Waals surface area contributed by atoms with Crippen LogP contribution in [0.2, 0.25) is 0 Å². The highest BCUT2D eigenvalue weighted by Crippen LogP contribution is 2.40. The molecule has 0 amide bonds. The Hall–Kier alpha value is -0.210.